The minimum absolute atomic E-state index is 0.0950. The van der Waals surface area contributed by atoms with Crippen molar-refractivity contribution in [2.24, 2.45) is 7.05 Å². The Labute approximate surface area is 173 Å². The Morgan fingerprint density at radius 2 is 1.90 bits per heavy atom. The predicted molar refractivity (Wildman–Crippen MR) is 103 cm³/mol. The summed E-state index contributed by atoms with van der Waals surface area (Å²) in [5.41, 5.74) is 0.293. The molecular formula is C19H15F3N6OS. The van der Waals surface area contributed by atoms with Crippen molar-refractivity contribution >= 4 is 11.8 Å². The number of thioether (sulfide) groups is 1. The molecule has 0 spiro atoms. The Morgan fingerprint density at radius 3 is 2.63 bits per heavy atom. The monoisotopic (exact) mass is 432 g/mol. The molecule has 0 bridgehead atoms. The smallest absolute Gasteiger partial charge is 0.338 e. The van der Waals surface area contributed by atoms with Crippen LogP contribution in [0.25, 0.3) is 22.8 Å². The van der Waals surface area contributed by atoms with Crippen LogP contribution in [-0.4, -0.2) is 29.9 Å². The maximum atomic E-state index is 12.9. The molecule has 4 rings (SSSR count). The Morgan fingerprint density at radius 1 is 1.10 bits per heavy atom. The fourth-order valence-electron chi connectivity index (χ4n) is 2.72. The zero-order chi connectivity index (χ0) is 21.3. The van der Waals surface area contributed by atoms with Gasteiger partial charge in [0.25, 0.3) is 0 Å². The Balaban J connectivity index is 1.53. The summed E-state index contributed by atoms with van der Waals surface area (Å²) in [5, 5.41) is 12.6. The molecule has 154 valence electrons. The lowest BCUT2D eigenvalue weighted by Crippen LogP contribution is -2.04. The van der Waals surface area contributed by atoms with Crippen molar-refractivity contribution in [3.63, 3.8) is 0 Å². The van der Waals surface area contributed by atoms with Gasteiger partial charge in [-0.3, -0.25) is 4.98 Å². The van der Waals surface area contributed by atoms with Crippen molar-refractivity contribution in [3.05, 3.63) is 60.2 Å². The van der Waals surface area contributed by atoms with Crippen molar-refractivity contribution in [2.45, 2.75) is 23.5 Å². The zero-order valence-corrected chi connectivity index (χ0v) is 16.6. The van der Waals surface area contributed by atoms with E-state index in [-0.39, 0.29) is 22.5 Å². The summed E-state index contributed by atoms with van der Waals surface area (Å²) in [7, 11) is 1.83. The van der Waals surface area contributed by atoms with Crippen LogP contribution >= 0.6 is 11.8 Å². The molecule has 3 aromatic heterocycles. The summed E-state index contributed by atoms with van der Waals surface area (Å²) in [5.74, 6) is 1.03. The molecule has 3 heterocycles. The maximum absolute atomic E-state index is 12.9. The second-order valence-corrected chi connectivity index (χ2v) is 7.71. The highest BCUT2D eigenvalue weighted by Gasteiger charge is 2.31. The van der Waals surface area contributed by atoms with E-state index in [1.165, 1.54) is 23.9 Å². The van der Waals surface area contributed by atoms with Crippen LogP contribution in [0.2, 0.25) is 0 Å². The van der Waals surface area contributed by atoms with Gasteiger partial charge in [-0.15, -0.1) is 10.2 Å². The van der Waals surface area contributed by atoms with Crippen molar-refractivity contribution < 1.29 is 17.7 Å². The van der Waals surface area contributed by atoms with Crippen LogP contribution in [0.5, 0.6) is 0 Å². The van der Waals surface area contributed by atoms with E-state index in [0.29, 0.717) is 11.0 Å². The summed E-state index contributed by atoms with van der Waals surface area (Å²) in [6, 6.07) is 8.50. The number of aromatic nitrogens is 6. The molecule has 1 atom stereocenters. The normalized spacial score (nSPS) is 12.8. The summed E-state index contributed by atoms with van der Waals surface area (Å²) in [4.78, 5) is 8.34. The quantitative estimate of drug-likeness (QED) is 0.419. The number of nitrogens with zero attached hydrogens (tertiary/aromatic N) is 6. The molecule has 4 aromatic rings. The van der Waals surface area contributed by atoms with Gasteiger partial charge >= 0.3 is 6.18 Å². The third-order valence-corrected chi connectivity index (χ3v) is 5.40. The SMILES string of the molecule is CC(Sc1nnc(-c2cccnc2)n1C)c1nc(-c2cccc(C(F)(F)F)c2)no1. The topological polar surface area (TPSA) is 82.5 Å². The minimum atomic E-state index is -4.44. The van der Waals surface area contributed by atoms with E-state index < -0.39 is 11.7 Å². The molecule has 1 unspecified atom stereocenters. The van der Waals surface area contributed by atoms with Gasteiger partial charge in [-0.2, -0.15) is 18.2 Å². The fourth-order valence-corrected chi connectivity index (χ4v) is 3.57. The molecule has 0 fully saturated rings. The lowest BCUT2D eigenvalue weighted by atomic mass is 10.1. The summed E-state index contributed by atoms with van der Waals surface area (Å²) < 4.78 is 45.9. The molecule has 0 aliphatic carbocycles. The van der Waals surface area contributed by atoms with Gasteiger partial charge in [0.05, 0.1) is 10.8 Å². The Kier molecular flexibility index (Phi) is 5.29. The highest BCUT2D eigenvalue weighted by molar-refractivity contribution is 7.99. The summed E-state index contributed by atoms with van der Waals surface area (Å²) >= 11 is 1.35. The van der Waals surface area contributed by atoms with Crippen LogP contribution in [0.15, 0.2) is 58.5 Å². The molecule has 0 radical (unpaired) electrons. The van der Waals surface area contributed by atoms with E-state index in [2.05, 4.69) is 25.3 Å². The summed E-state index contributed by atoms with van der Waals surface area (Å²) in [6.07, 6.45) is -1.07. The highest BCUT2D eigenvalue weighted by atomic mass is 32.2. The largest absolute Gasteiger partial charge is 0.416 e. The van der Waals surface area contributed by atoms with Gasteiger partial charge in [0.1, 0.15) is 0 Å². The number of halogens is 3. The van der Waals surface area contributed by atoms with Crippen LogP contribution in [0.1, 0.15) is 23.6 Å². The van der Waals surface area contributed by atoms with Gasteiger partial charge in [-0.05, 0) is 31.2 Å². The third-order valence-electron chi connectivity index (χ3n) is 4.27. The molecule has 1 aromatic carbocycles. The van der Waals surface area contributed by atoms with E-state index in [1.807, 2.05) is 30.7 Å². The van der Waals surface area contributed by atoms with Crippen molar-refractivity contribution in [1.29, 1.82) is 0 Å². The average Bonchev–Trinajstić information content (AvgIpc) is 3.36. The van der Waals surface area contributed by atoms with E-state index >= 15 is 0 Å². The first-order valence-electron chi connectivity index (χ1n) is 8.80. The molecule has 0 amide bonds. The van der Waals surface area contributed by atoms with E-state index in [4.69, 9.17) is 4.52 Å². The highest BCUT2D eigenvalue weighted by Crippen LogP contribution is 2.35. The Hall–Kier alpha value is -3.21. The van der Waals surface area contributed by atoms with Gasteiger partial charge < -0.3 is 9.09 Å². The lowest BCUT2D eigenvalue weighted by Gasteiger charge is -2.07. The fraction of sp³-hybridized carbons (Fsp3) is 0.211. The van der Waals surface area contributed by atoms with Crippen molar-refractivity contribution in [1.82, 2.24) is 29.9 Å². The van der Waals surface area contributed by atoms with Crippen molar-refractivity contribution in [3.8, 4) is 22.8 Å². The molecule has 11 heteroatoms. The molecule has 7 nitrogen and oxygen atoms in total. The van der Waals surface area contributed by atoms with E-state index in [9.17, 15) is 13.2 Å². The number of hydrogen-bond donors (Lipinski definition) is 0. The average molecular weight is 432 g/mol. The van der Waals surface area contributed by atoms with Gasteiger partial charge in [0.2, 0.25) is 11.7 Å². The molecule has 0 N–H and O–H groups in total. The van der Waals surface area contributed by atoms with Gasteiger partial charge in [0, 0.05) is 30.6 Å². The summed E-state index contributed by atoms with van der Waals surface area (Å²) in [6.45, 7) is 1.84. The Bertz CT molecular complexity index is 1160. The lowest BCUT2D eigenvalue weighted by molar-refractivity contribution is -0.137. The number of benzene rings is 1. The number of pyridine rings is 1. The minimum Gasteiger partial charge on any atom is -0.338 e. The first-order chi connectivity index (χ1) is 14.3. The molecule has 30 heavy (non-hydrogen) atoms. The standard InChI is InChI=1S/C19H15F3N6OS/c1-11(30-18-26-25-16(28(18)2)13-6-4-8-23-10-13)17-24-15(27-29-17)12-5-3-7-14(9-12)19(20,21)22/h3-11H,1-2H3. The van der Waals surface area contributed by atoms with Crippen LogP contribution in [0, 0.1) is 0 Å². The number of alkyl halides is 3. The molecule has 0 saturated carbocycles. The van der Waals surface area contributed by atoms with Crippen LogP contribution in [-0.2, 0) is 13.2 Å². The first kappa shape index (κ1) is 20.1. The third kappa shape index (κ3) is 4.06. The van der Waals surface area contributed by atoms with Crippen LogP contribution < -0.4 is 0 Å². The second-order valence-electron chi connectivity index (χ2n) is 6.40. The van der Waals surface area contributed by atoms with Crippen molar-refractivity contribution in [2.75, 3.05) is 0 Å². The first-order valence-corrected chi connectivity index (χ1v) is 9.68. The van der Waals surface area contributed by atoms with Gasteiger partial charge in [0.15, 0.2) is 11.0 Å². The van der Waals surface area contributed by atoms with Crippen LogP contribution in [0.4, 0.5) is 13.2 Å². The zero-order valence-electron chi connectivity index (χ0n) is 15.8. The predicted octanol–water partition coefficient (Wildman–Crippen LogP) is 4.80. The van der Waals surface area contributed by atoms with Crippen LogP contribution in [0.3, 0.4) is 0 Å². The second kappa shape index (κ2) is 7.90. The van der Waals surface area contributed by atoms with Gasteiger partial charge in [-0.1, -0.05) is 29.1 Å². The molecule has 0 saturated heterocycles. The van der Waals surface area contributed by atoms with E-state index in [0.717, 1.165) is 17.7 Å². The molecule has 0 aliphatic rings. The van der Waals surface area contributed by atoms with E-state index in [1.54, 1.807) is 12.4 Å². The molecule has 0 aliphatic heterocycles. The number of hydrogen-bond acceptors (Lipinski definition) is 7. The molecular weight excluding hydrogens is 417 g/mol. The van der Waals surface area contributed by atoms with Gasteiger partial charge in [-0.25, -0.2) is 0 Å². The number of rotatable bonds is 5. The maximum Gasteiger partial charge on any atom is 0.416 e.